The molecule has 0 radical (unpaired) electrons. The minimum Gasteiger partial charge on any atom is -0.396 e. The maximum Gasteiger partial charge on any atom is 0.0483 e. The number of rotatable bonds is 17. The van der Waals surface area contributed by atoms with Crippen LogP contribution in [-0.4, -0.2) is 39.4 Å². The molecule has 0 aromatic rings. The summed E-state index contributed by atoms with van der Waals surface area (Å²) in [6.45, 7) is 11.5. The molecule has 0 spiro atoms. The lowest BCUT2D eigenvalue weighted by Gasteiger charge is -2.39. The van der Waals surface area contributed by atoms with Crippen molar-refractivity contribution in [3.63, 3.8) is 0 Å². The van der Waals surface area contributed by atoms with Crippen LogP contribution in [0.1, 0.15) is 213 Å². The van der Waals surface area contributed by atoms with Crippen molar-refractivity contribution in [2.45, 2.75) is 213 Å². The Morgan fingerprint density at radius 2 is 0.695 bits per heavy atom. The van der Waals surface area contributed by atoms with E-state index < -0.39 is 0 Å². The molecule has 0 heterocycles. The molecule has 6 fully saturated rings. The van der Waals surface area contributed by atoms with E-state index in [1.807, 2.05) is 0 Å². The zero-order valence-electron chi connectivity index (χ0n) is 39.1. The van der Waals surface area contributed by atoms with Crippen LogP contribution in [0, 0.1) is 82.9 Å². The van der Waals surface area contributed by atoms with Crippen LogP contribution >= 0.6 is 47.8 Å². The van der Waals surface area contributed by atoms with Gasteiger partial charge in [0.25, 0.3) is 0 Å². The smallest absolute Gasteiger partial charge is 0.0483 e. The zero-order chi connectivity index (χ0) is 42.4. The van der Waals surface area contributed by atoms with Crippen LogP contribution in [0.4, 0.5) is 0 Å². The molecule has 5 heteroatoms. The van der Waals surface area contributed by atoms with Gasteiger partial charge >= 0.3 is 0 Å². The topological polar surface area (TPSA) is 40.5 Å². The van der Waals surface area contributed by atoms with Crippen molar-refractivity contribution in [2.75, 3.05) is 29.2 Å². The lowest BCUT2D eigenvalue weighted by molar-refractivity contribution is 0.0638. The van der Waals surface area contributed by atoms with E-state index in [4.69, 9.17) is 0 Å². The molecule has 0 bridgehead atoms. The molecule has 346 valence electrons. The van der Waals surface area contributed by atoms with Gasteiger partial charge in [0, 0.05) is 35.1 Å². The van der Waals surface area contributed by atoms with Crippen LogP contribution in [0.3, 0.4) is 0 Å². The van der Waals surface area contributed by atoms with Crippen molar-refractivity contribution in [3.05, 3.63) is 12.2 Å². The number of aliphatic hydroxyl groups is 2. The fourth-order valence-electron chi connectivity index (χ4n) is 14.0. The molecule has 6 rings (SSSR count). The Morgan fingerprint density at radius 1 is 0.424 bits per heavy atom. The van der Waals surface area contributed by atoms with E-state index in [0.29, 0.717) is 5.92 Å². The van der Waals surface area contributed by atoms with Gasteiger partial charge in [0.1, 0.15) is 0 Å². The van der Waals surface area contributed by atoms with Gasteiger partial charge in [0.15, 0.2) is 0 Å². The Labute approximate surface area is 393 Å². The fraction of sp³-hybridized carbons (Fsp3) is 0.963. The molecule has 6 aliphatic rings. The van der Waals surface area contributed by atoms with Gasteiger partial charge in [0.05, 0.1) is 0 Å². The van der Waals surface area contributed by atoms with Gasteiger partial charge in [-0.2, -0.15) is 0 Å². The summed E-state index contributed by atoms with van der Waals surface area (Å²) in [5.41, 5.74) is 1.44. The quantitative estimate of drug-likeness (QED) is 0.113. The second kappa shape index (κ2) is 30.3. The Kier molecular flexibility index (Phi) is 27.1. The van der Waals surface area contributed by atoms with E-state index in [1.165, 1.54) is 196 Å². The lowest BCUT2D eigenvalue weighted by Crippen LogP contribution is -2.30. The number of aliphatic hydroxyl groups excluding tert-OH is 2. The molecule has 0 atom stereocenters. The largest absolute Gasteiger partial charge is 0.396 e. The van der Waals surface area contributed by atoms with Crippen molar-refractivity contribution in [1.29, 1.82) is 0 Å². The minimum atomic E-state index is 0.135. The molecule has 0 amide bonds. The maximum absolute atomic E-state index is 9.31. The van der Waals surface area contributed by atoms with Gasteiger partial charge < -0.3 is 10.2 Å². The fourth-order valence-corrected chi connectivity index (χ4v) is 16.6. The molecule has 0 aromatic carbocycles. The molecule has 0 saturated heterocycles. The number of hydrogen-bond acceptors (Lipinski definition) is 2. The Balaban J connectivity index is 0.000000196. The molecular weight excluding hydrogens is 920 g/mol. The first-order chi connectivity index (χ1) is 28.8. The minimum absolute atomic E-state index is 0.135. The predicted octanol–water partition coefficient (Wildman–Crippen LogP) is 17.2. The van der Waals surface area contributed by atoms with Gasteiger partial charge in [-0.3, -0.25) is 0 Å². The summed E-state index contributed by atoms with van der Waals surface area (Å²) in [5.74, 6) is 12.7. The average Bonchev–Trinajstić information content (AvgIpc) is 3.29. The summed E-state index contributed by atoms with van der Waals surface area (Å²) >= 11 is 11.0. The van der Waals surface area contributed by atoms with Crippen LogP contribution in [0.25, 0.3) is 0 Å². The Hall–Kier alpha value is 1.10. The molecule has 59 heavy (non-hydrogen) atoms. The van der Waals surface area contributed by atoms with Crippen LogP contribution in [0.2, 0.25) is 0 Å². The maximum atomic E-state index is 9.31. The summed E-state index contributed by atoms with van der Waals surface area (Å²) in [6, 6.07) is 0. The molecule has 0 unspecified atom stereocenters. The van der Waals surface area contributed by atoms with Gasteiger partial charge in [-0.15, -0.1) is 0 Å². The van der Waals surface area contributed by atoms with E-state index in [2.05, 4.69) is 75.1 Å². The molecule has 6 aliphatic carbocycles. The summed E-state index contributed by atoms with van der Waals surface area (Å²) in [5, 5.41) is 22.0. The SMILES string of the molecule is C=C(CBr)C1CCC(C2CCC(CCC)CC2)CC1.CCCC1CCC(C2CCC(C(CBr)CBr)CC2)CC1.CCCC1CCC(C2CCC(C(CO)CO)CC2)CC1. The molecule has 0 aromatic heterocycles. The van der Waals surface area contributed by atoms with Crippen LogP contribution in [-0.2, 0) is 0 Å². The van der Waals surface area contributed by atoms with E-state index in [1.54, 1.807) is 12.8 Å². The summed E-state index contributed by atoms with van der Waals surface area (Å²) in [4.78, 5) is 0. The zero-order valence-corrected chi connectivity index (χ0v) is 43.8. The van der Waals surface area contributed by atoms with Gasteiger partial charge in [0.2, 0.25) is 0 Å². The normalized spacial score (nSPS) is 35.6. The highest BCUT2D eigenvalue weighted by Gasteiger charge is 2.35. The van der Waals surface area contributed by atoms with Gasteiger partial charge in [-0.05, 0) is 193 Å². The highest BCUT2D eigenvalue weighted by Crippen LogP contribution is 2.46. The molecule has 0 aliphatic heterocycles. The molecular formula is C54H97Br3O2. The summed E-state index contributed by atoms with van der Waals surface area (Å²) in [6.07, 6.45) is 43.5. The lowest BCUT2D eigenvalue weighted by atomic mass is 9.67. The molecule has 2 N–H and O–H groups in total. The highest BCUT2D eigenvalue weighted by atomic mass is 79.9. The van der Waals surface area contributed by atoms with E-state index in [-0.39, 0.29) is 19.1 Å². The van der Waals surface area contributed by atoms with Crippen molar-refractivity contribution in [2.24, 2.45) is 82.9 Å². The van der Waals surface area contributed by atoms with Gasteiger partial charge in [-0.1, -0.05) is 158 Å². The number of halogens is 3. The Bertz CT molecular complexity index is 974. The summed E-state index contributed by atoms with van der Waals surface area (Å²) < 4.78 is 0. The summed E-state index contributed by atoms with van der Waals surface area (Å²) in [7, 11) is 0. The van der Waals surface area contributed by atoms with Crippen LogP contribution in [0.15, 0.2) is 12.2 Å². The monoisotopic (exact) mass is 1010 g/mol. The first kappa shape index (κ1) is 52.7. The van der Waals surface area contributed by atoms with Crippen molar-refractivity contribution >= 4 is 47.8 Å². The first-order valence-electron chi connectivity index (χ1n) is 26.4. The second-order valence-electron chi connectivity index (χ2n) is 21.7. The van der Waals surface area contributed by atoms with E-state index >= 15 is 0 Å². The van der Waals surface area contributed by atoms with Crippen LogP contribution < -0.4 is 0 Å². The van der Waals surface area contributed by atoms with Crippen molar-refractivity contribution in [3.8, 4) is 0 Å². The number of hydrogen-bond donors (Lipinski definition) is 2. The standard InChI is InChI=1S/C18H32Br2.C18H31Br.C18H34O2/c1-2-3-14-4-6-15(7-5-14)16-8-10-17(11-9-16)18(12-19)13-20;1-3-4-15-5-7-17(8-6-15)18-11-9-16(10-12-18)14(2)13-19;1-2-3-14-4-6-15(7-5-14)16-8-10-17(11-9-16)18(12-19)13-20/h14-18H,2-13H2,1H3;15-18H,2-13H2,1H3;14-20H,2-13H2,1H3. The molecule has 6 saturated carbocycles. The van der Waals surface area contributed by atoms with E-state index in [0.717, 1.165) is 76.3 Å². The number of allylic oxidation sites excluding steroid dienone is 1. The Morgan fingerprint density at radius 3 is 0.949 bits per heavy atom. The van der Waals surface area contributed by atoms with Gasteiger partial charge in [-0.25, -0.2) is 0 Å². The third-order valence-electron chi connectivity index (χ3n) is 18.1. The first-order valence-corrected chi connectivity index (χ1v) is 29.7. The third kappa shape index (κ3) is 17.8. The number of alkyl halides is 3. The average molecular weight is 1020 g/mol. The van der Waals surface area contributed by atoms with Crippen molar-refractivity contribution < 1.29 is 10.2 Å². The van der Waals surface area contributed by atoms with E-state index in [9.17, 15) is 10.2 Å². The highest BCUT2D eigenvalue weighted by molar-refractivity contribution is 9.10. The molecule has 2 nitrogen and oxygen atoms in total. The van der Waals surface area contributed by atoms with Crippen molar-refractivity contribution in [1.82, 2.24) is 0 Å². The second-order valence-corrected chi connectivity index (χ2v) is 23.5. The van der Waals surface area contributed by atoms with Crippen LogP contribution in [0.5, 0.6) is 0 Å². The predicted molar refractivity (Wildman–Crippen MR) is 269 cm³/mol. The third-order valence-corrected chi connectivity index (χ3v) is 20.5.